The van der Waals surface area contributed by atoms with E-state index in [1.165, 1.54) is 45.2 Å². The van der Waals surface area contributed by atoms with Gasteiger partial charge in [0.15, 0.2) is 0 Å². The van der Waals surface area contributed by atoms with Gasteiger partial charge in [-0.25, -0.2) is 0 Å². The fourth-order valence-electron chi connectivity index (χ4n) is 4.04. The Morgan fingerprint density at radius 2 is 1.70 bits per heavy atom. The molecule has 1 aromatic rings. The molecule has 0 bridgehead atoms. The summed E-state index contributed by atoms with van der Waals surface area (Å²) in [6.07, 6.45) is 8.67. The molecule has 0 amide bonds. The van der Waals surface area contributed by atoms with E-state index in [1.54, 1.807) is 0 Å². The van der Waals surface area contributed by atoms with Gasteiger partial charge in [-0.15, -0.1) is 0 Å². The van der Waals surface area contributed by atoms with Crippen molar-refractivity contribution in [3.8, 4) is 0 Å². The molecule has 2 aliphatic rings. The van der Waals surface area contributed by atoms with Crippen molar-refractivity contribution in [2.24, 2.45) is 5.92 Å². The average molecular weight is 273 g/mol. The highest BCUT2D eigenvalue weighted by atomic mass is 16.3. The number of likely N-dealkylation sites (tertiary alicyclic amines) is 1. The monoisotopic (exact) mass is 273 g/mol. The third-order valence-electron chi connectivity index (χ3n) is 5.24. The van der Waals surface area contributed by atoms with Crippen LogP contribution in [0.15, 0.2) is 30.3 Å². The van der Waals surface area contributed by atoms with Gasteiger partial charge in [-0.05, 0) is 50.8 Å². The molecule has 1 saturated carbocycles. The molecule has 1 saturated heterocycles. The van der Waals surface area contributed by atoms with Crippen molar-refractivity contribution in [1.82, 2.24) is 4.90 Å². The van der Waals surface area contributed by atoms with Crippen LogP contribution in [0.3, 0.4) is 0 Å². The van der Waals surface area contributed by atoms with E-state index in [4.69, 9.17) is 0 Å². The minimum Gasteiger partial charge on any atom is -0.385 e. The van der Waals surface area contributed by atoms with Crippen molar-refractivity contribution in [3.63, 3.8) is 0 Å². The molecule has 2 nitrogen and oxygen atoms in total. The maximum Gasteiger partial charge on any atom is 0.0936 e. The lowest BCUT2D eigenvalue weighted by molar-refractivity contribution is -0.0155. The first-order valence-corrected chi connectivity index (χ1v) is 8.29. The SMILES string of the molecule is OC1(c2ccccc2)CCCC1CN1CCCCCC1. The third-order valence-corrected chi connectivity index (χ3v) is 5.24. The topological polar surface area (TPSA) is 23.5 Å². The number of hydrogen-bond acceptors (Lipinski definition) is 2. The van der Waals surface area contributed by atoms with Crippen LogP contribution in [-0.2, 0) is 5.60 Å². The molecule has 110 valence electrons. The van der Waals surface area contributed by atoms with Crippen molar-refractivity contribution in [3.05, 3.63) is 35.9 Å². The van der Waals surface area contributed by atoms with E-state index in [1.807, 2.05) is 6.07 Å². The molecule has 0 radical (unpaired) electrons. The Labute approximate surface area is 122 Å². The Bertz CT molecular complexity index is 411. The third kappa shape index (κ3) is 2.91. The highest BCUT2D eigenvalue weighted by molar-refractivity contribution is 5.24. The Hall–Kier alpha value is -0.860. The van der Waals surface area contributed by atoms with Gasteiger partial charge in [-0.2, -0.15) is 0 Å². The molecule has 2 atom stereocenters. The van der Waals surface area contributed by atoms with Crippen molar-refractivity contribution in [1.29, 1.82) is 0 Å². The smallest absolute Gasteiger partial charge is 0.0936 e. The molecular formula is C18H27NO. The van der Waals surface area contributed by atoms with Gasteiger partial charge in [0.25, 0.3) is 0 Å². The summed E-state index contributed by atoms with van der Waals surface area (Å²) >= 11 is 0. The van der Waals surface area contributed by atoms with Crippen molar-refractivity contribution in [2.45, 2.75) is 50.5 Å². The highest BCUT2D eigenvalue weighted by Gasteiger charge is 2.42. The van der Waals surface area contributed by atoms with Crippen LogP contribution in [0.25, 0.3) is 0 Å². The van der Waals surface area contributed by atoms with E-state index in [0.29, 0.717) is 5.92 Å². The fraction of sp³-hybridized carbons (Fsp3) is 0.667. The van der Waals surface area contributed by atoms with Gasteiger partial charge in [-0.3, -0.25) is 0 Å². The number of aliphatic hydroxyl groups is 1. The molecule has 2 unspecified atom stereocenters. The second-order valence-electron chi connectivity index (χ2n) is 6.59. The molecule has 1 heterocycles. The van der Waals surface area contributed by atoms with Gasteiger partial charge < -0.3 is 10.0 Å². The maximum atomic E-state index is 11.2. The van der Waals surface area contributed by atoms with Gasteiger partial charge >= 0.3 is 0 Å². The Morgan fingerprint density at radius 3 is 2.40 bits per heavy atom. The number of rotatable bonds is 3. The van der Waals surface area contributed by atoms with E-state index < -0.39 is 5.60 Å². The second-order valence-corrected chi connectivity index (χ2v) is 6.59. The van der Waals surface area contributed by atoms with E-state index in [-0.39, 0.29) is 0 Å². The zero-order chi connectivity index (χ0) is 13.8. The molecule has 0 aromatic heterocycles. The maximum absolute atomic E-state index is 11.2. The van der Waals surface area contributed by atoms with Gasteiger partial charge in [0.2, 0.25) is 0 Å². The lowest BCUT2D eigenvalue weighted by Crippen LogP contribution is -2.39. The predicted molar refractivity (Wildman–Crippen MR) is 82.6 cm³/mol. The van der Waals surface area contributed by atoms with Crippen LogP contribution >= 0.6 is 0 Å². The quantitative estimate of drug-likeness (QED) is 0.910. The molecule has 1 aromatic carbocycles. The van der Waals surface area contributed by atoms with Crippen LogP contribution in [0, 0.1) is 5.92 Å². The first kappa shape index (κ1) is 14.1. The largest absolute Gasteiger partial charge is 0.385 e. The molecule has 2 heteroatoms. The van der Waals surface area contributed by atoms with E-state index in [2.05, 4.69) is 29.2 Å². The summed E-state index contributed by atoms with van der Waals surface area (Å²) in [5.74, 6) is 0.406. The normalized spacial score (nSPS) is 32.1. The summed E-state index contributed by atoms with van der Waals surface area (Å²) in [6, 6.07) is 10.3. The first-order valence-electron chi connectivity index (χ1n) is 8.29. The van der Waals surface area contributed by atoms with Gasteiger partial charge in [0, 0.05) is 12.5 Å². The number of hydrogen-bond donors (Lipinski definition) is 1. The molecule has 0 spiro atoms. The van der Waals surface area contributed by atoms with Crippen LogP contribution in [0.1, 0.15) is 50.5 Å². The van der Waals surface area contributed by atoms with Crippen LogP contribution in [-0.4, -0.2) is 29.6 Å². The minimum atomic E-state index is -0.590. The number of benzene rings is 1. The molecule has 20 heavy (non-hydrogen) atoms. The van der Waals surface area contributed by atoms with E-state index in [0.717, 1.165) is 24.9 Å². The van der Waals surface area contributed by atoms with Gasteiger partial charge in [0.1, 0.15) is 0 Å². The summed E-state index contributed by atoms with van der Waals surface area (Å²) in [7, 11) is 0. The summed E-state index contributed by atoms with van der Waals surface area (Å²) < 4.78 is 0. The van der Waals surface area contributed by atoms with Crippen molar-refractivity contribution in [2.75, 3.05) is 19.6 Å². The Kier molecular flexibility index (Phi) is 4.42. The summed E-state index contributed by atoms with van der Waals surface area (Å²) in [5.41, 5.74) is 0.533. The van der Waals surface area contributed by atoms with Crippen LogP contribution in [0.5, 0.6) is 0 Å². The zero-order valence-corrected chi connectivity index (χ0v) is 12.4. The van der Waals surface area contributed by atoms with Crippen molar-refractivity contribution >= 4 is 0 Å². The second kappa shape index (κ2) is 6.28. The van der Waals surface area contributed by atoms with Crippen LogP contribution in [0.2, 0.25) is 0 Å². The molecule has 2 fully saturated rings. The molecule has 1 N–H and O–H groups in total. The Balaban J connectivity index is 1.71. The van der Waals surface area contributed by atoms with Crippen LogP contribution < -0.4 is 0 Å². The fourth-order valence-corrected chi connectivity index (χ4v) is 4.04. The van der Waals surface area contributed by atoms with Crippen LogP contribution in [0.4, 0.5) is 0 Å². The molecule has 1 aliphatic heterocycles. The Morgan fingerprint density at radius 1 is 1.00 bits per heavy atom. The summed E-state index contributed by atoms with van der Waals surface area (Å²) in [5, 5.41) is 11.2. The standard InChI is InChI=1S/C18H27NO/c20-18(16-9-4-3-5-10-16)12-8-11-17(18)15-19-13-6-1-2-7-14-19/h3-5,9-10,17,20H,1-2,6-8,11-15H2. The van der Waals surface area contributed by atoms with E-state index in [9.17, 15) is 5.11 Å². The molecule has 1 aliphatic carbocycles. The average Bonchev–Trinajstić information content (AvgIpc) is 2.69. The highest BCUT2D eigenvalue weighted by Crippen LogP contribution is 2.44. The van der Waals surface area contributed by atoms with Crippen molar-refractivity contribution < 1.29 is 5.11 Å². The summed E-state index contributed by atoms with van der Waals surface area (Å²) in [6.45, 7) is 3.52. The van der Waals surface area contributed by atoms with E-state index >= 15 is 0 Å². The number of nitrogens with zero attached hydrogens (tertiary/aromatic N) is 1. The molecule has 3 rings (SSSR count). The van der Waals surface area contributed by atoms with Gasteiger partial charge in [-0.1, -0.05) is 43.2 Å². The lowest BCUT2D eigenvalue weighted by Gasteiger charge is -2.34. The zero-order valence-electron chi connectivity index (χ0n) is 12.4. The summed E-state index contributed by atoms with van der Waals surface area (Å²) in [4.78, 5) is 2.59. The minimum absolute atomic E-state index is 0.406. The first-order chi connectivity index (χ1) is 9.79. The lowest BCUT2D eigenvalue weighted by atomic mass is 9.83. The predicted octanol–water partition coefficient (Wildman–Crippen LogP) is 3.55. The van der Waals surface area contributed by atoms with Gasteiger partial charge in [0.05, 0.1) is 5.60 Å². The molecular weight excluding hydrogens is 246 g/mol.